The molecule has 0 N–H and O–H groups in total. The van der Waals surface area contributed by atoms with Gasteiger partial charge in [0.2, 0.25) is 11.1 Å². The van der Waals surface area contributed by atoms with Gasteiger partial charge in [-0.25, -0.2) is 4.68 Å². The fourth-order valence-corrected chi connectivity index (χ4v) is 4.26. The van der Waals surface area contributed by atoms with Crippen LogP contribution in [0, 0.1) is 0 Å². The molecule has 1 amide bonds. The van der Waals surface area contributed by atoms with Crippen LogP contribution in [-0.2, 0) is 9.53 Å². The van der Waals surface area contributed by atoms with Gasteiger partial charge in [0.15, 0.2) is 0 Å². The molecule has 1 aromatic carbocycles. The highest BCUT2D eigenvalue weighted by Crippen LogP contribution is 2.33. The lowest BCUT2D eigenvalue weighted by atomic mass is 10.1. The summed E-state index contributed by atoms with van der Waals surface area (Å²) in [6.07, 6.45) is 2.62. The number of nitrogens with zero attached hydrogens (tertiary/aromatic N) is 5. The Kier molecular flexibility index (Phi) is 4.48. The molecule has 1 aromatic heterocycles. The van der Waals surface area contributed by atoms with Gasteiger partial charge < -0.3 is 9.64 Å². The number of anilines is 1. The number of carbonyl (C=O) groups excluding carboxylic acids is 1. The molecule has 2 saturated heterocycles. The molecule has 3 heterocycles. The van der Waals surface area contributed by atoms with Crippen LogP contribution in [-0.4, -0.2) is 51.1 Å². The van der Waals surface area contributed by atoms with Crippen molar-refractivity contribution >= 4 is 23.4 Å². The van der Waals surface area contributed by atoms with Crippen molar-refractivity contribution in [3.8, 4) is 0 Å². The topological polar surface area (TPSA) is 73.1 Å². The second kappa shape index (κ2) is 6.90. The van der Waals surface area contributed by atoms with E-state index in [9.17, 15) is 4.79 Å². The highest BCUT2D eigenvalue weighted by molar-refractivity contribution is 8.00. The Labute approximate surface area is 144 Å². The molecule has 1 atom stereocenters. The molecule has 2 aliphatic rings. The minimum atomic E-state index is -0.130. The maximum absolute atomic E-state index is 12.7. The van der Waals surface area contributed by atoms with Gasteiger partial charge in [-0.1, -0.05) is 30.0 Å². The monoisotopic (exact) mass is 345 g/mol. The van der Waals surface area contributed by atoms with E-state index in [0.717, 1.165) is 49.9 Å². The molecule has 2 aromatic rings. The third kappa shape index (κ3) is 3.03. The summed E-state index contributed by atoms with van der Waals surface area (Å²) in [5.74, 6) is 0.132. The molecule has 126 valence electrons. The van der Waals surface area contributed by atoms with Crippen LogP contribution in [0.5, 0.6) is 0 Å². The van der Waals surface area contributed by atoms with Crippen LogP contribution in [0.1, 0.15) is 25.3 Å². The van der Waals surface area contributed by atoms with Crippen LogP contribution in [0.3, 0.4) is 0 Å². The minimum Gasteiger partial charge on any atom is -0.381 e. The van der Waals surface area contributed by atoms with E-state index in [2.05, 4.69) is 15.5 Å². The number of ether oxygens (including phenoxy) is 1. The molecule has 0 radical (unpaired) electrons. The highest BCUT2D eigenvalue weighted by Gasteiger charge is 2.35. The van der Waals surface area contributed by atoms with Gasteiger partial charge >= 0.3 is 0 Å². The fourth-order valence-electron chi connectivity index (χ4n) is 3.18. The van der Waals surface area contributed by atoms with Gasteiger partial charge in [0, 0.05) is 25.4 Å². The number of hydrogen-bond donors (Lipinski definition) is 0. The summed E-state index contributed by atoms with van der Waals surface area (Å²) in [5, 5.41) is 12.7. The Morgan fingerprint density at radius 1 is 1.12 bits per heavy atom. The molecule has 7 nitrogen and oxygen atoms in total. The summed E-state index contributed by atoms with van der Waals surface area (Å²) in [5.41, 5.74) is 0.953. The van der Waals surface area contributed by atoms with Crippen LogP contribution >= 0.6 is 11.8 Å². The number of para-hydroxylation sites is 1. The standard InChI is InChI=1S/C16H19N5O2S/c22-15-14(6-9-20(15)12-4-2-1-3-5-12)24-16-17-18-19-21(16)13-7-10-23-11-8-13/h1-5,13-14H,6-11H2/t14-/m1/s1. The van der Waals surface area contributed by atoms with Gasteiger partial charge in [0.1, 0.15) is 0 Å². The summed E-state index contributed by atoms with van der Waals surface area (Å²) >= 11 is 1.48. The third-order valence-corrected chi connectivity index (χ3v) is 5.67. The Bertz CT molecular complexity index is 702. The number of hydrogen-bond acceptors (Lipinski definition) is 6. The number of tetrazole rings is 1. The van der Waals surface area contributed by atoms with E-state index in [1.807, 2.05) is 39.9 Å². The number of aromatic nitrogens is 4. The fraction of sp³-hybridized carbons (Fsp3) is 0.500. The third-order valence-electron chi connectivity index (χ3n) is 4.47. The zero-order chi connectivity index (χ0) is 16.4. The lowest BCUT2D eigenvalue weighted by molar-refractivity contribution is -0.116. The molecule has 2 fully saturated rings. The Morgan fingerprint density at radius 2 is 1.92 bits per heavy atom. The molecule has 4 rings (SSSR count). The van der Waals surface area contributed by atoms with Crippen molar-refractivity contribution in [3.63, 3.8) is 0 Å². The molecule has 8 heteroatoms. The summed E-state index contributed by atoms with van der Waals surface area (Å²) in [6.45, 7) is 2.21. The van der Waals surface area contributed by atoms with E-state index >= 15 is 0 Å². The van der Waals surface area contributed by atoms with Gasteiger partial charge in [-0.2, -0.15) is 0 Å². The second-order valence-corrected chi connectivity index (χ2v) is 7.14. The number of thioether (sulfide) groups is 1. The molecule has 0 aliphatic carbocycles. The summed E-state index contributed by atoms with van der Waals surface area (Å²) in [7, 11) is 0. The normalized spacial score (nSPS) is 22.2. The van der Waals surface area contributed by atoms with Crippen LogP contribution < -0.4 is 4.90 Å². The van der Waals surface area contributed by atoms with Crippen molar-refractivity contribution in [2.24, 2.45) is 0 Å². The van der Waals surface area contributed by atoms with Crippen molar-refractivity contribution in [1.82, 2.24) is 20.2 Å². The molecule has 0 spiro atoms. The quantitative estimate of drug-likeness (QED) is 0.843. The van der Waals surface area contributed by atoms with E-state index in [-0.39, 0.29) is 17.2 Å². The Morgan fingerprint density at radius 3 is 2.71 bits per heavy atom. The molecule has 0 unspecified atom stereocenters. The number of carbonyl (C=O) groups is 1. The summed E-state index contributed by atoms with van der Waals surface area (Å²) in [6, 6.07) is 10.1. The number of benzene rings is 1. The maximum atomic E-state index is 12.7. The molecular weight excluding hydrogens is 326 g/mol. The van der Waals surface area contributed by atoms with Crippen molar-refractivity contribution in [1.29, 1.82) is 0 Å². The highest BCUT2D eigenvalue weighted by atomic mass is 32.2. The average Bonchev–Trinajstić information content (AvgIpc) is 3.24. The van der Waals surface area contributed by atoms with E-state index in [1.165, 1.54) is 11.8 Å². The molecule has 24 heavy (non-hydrogen) atoms. The van der Waals surface area contributed by atoms with E-state index in [1.54, 1.807) is 0 Å². The van der Waals surface area contributed by atoms with E-state index < -0.39 is 0 Å². The first kappa shape index (κ1) is 15.6. The minimum absolute atomic E-state index is 0.130. The smallest absolute Gasteiger partial charge is 0.240 e. The van der Waals surface area contributed by atoms with Crippen LogP contribution in [0.2, 0.25) is 0 Å². The Hall–Kier alpha value is -1.93. The second-order valence-electron chi connectivity index (χ2n) is 5.97. The Balaban J connectivity index is 1.47. The van der Waals surface area contributed by atoms with Crippen molar-refractivity contribution < 1.29 is 9.53 Å². The van der Waals surface area contributed by atoms with Crippen LogP contribution in [0.15, 0.2) is 35.5 Å². The molecule has 0 bridgehead atoms. The summed E-state index contributed by atoms with van der Waals surface area (Å²) < 4.78 is 7.27. The first-order valence-corrected chi connectivity index (χ1v) is 9.09. The van der Waals surface area contributed by atoms with Crippen LogP contribution in [0.25, 0.3) is 0 Å². The van der Waals surface area contributed by atoms with E-state index in [0.29, 0.717) is 0 Å². The zero-order valence-electron chi connectivity index (χ0n) is 13.2. The van der Waals surface area contributed by atoms with Gasteiger partial charge in [0.05, 0.1) is 11.3 Å². The lowest BCUT2D eigenvalue weighted by Gasteiger charge is -2.22. The lowest BCUT2D eigenvalue weighted by Crippen LogP contribution is -2.28. The molecule has 0 saturated carbocycles. The SMILES string of the molecule is O=C1[C@H](Sc2nnnn2C2CCOCC2)CCN1c1ccccc1. The van der Waals surface area contributed by atoms with Gasteiger partial charge in [-0.3, -0.25) is 4.79 Å². The van der Waals surface area contributed by atoms with Gasteiger partial charge in [-0.05, 0) is 41.8 Å². The molecular formula is C16H19N5O2S. The van der Waals surface area contributed by atoms with Crippen molar-refractivity contribution in [2.45, 2.75) is 35.7 Å². The first-order valence-electron chi connectivity index (χ1n) is 8.21. The predicted molar refractivity (Wildman–Crippen MR) is 90.0 cm³/mol. The van der Waals surface area contributed by atoms with Gasteiger partial charge in [-0.15, -0.1) is 5.10 Å². The zero-order valence-corrected chi connectivity index (χ0v) is 14.1. The van der Waals surface area contributed by atoms with Gasteiger partial charge in [0.25, 0.3) is 0 Å². The predicted octanol–water partition coefficient (Wildman–Crippen LogP) is 1.92. The van der Waals surface area contributed by atoms with Crippen molar-refractivity contribution in [3.05, 3.63) is 30.3 Å². The summed E-state index contributed by atoms with van der Waals surface area (Å²) in [4.78, 5) is 14.6. The number of amides is 1. The van der Waals surface area contributed by atoms with Crippen LogP contribution in [0.4, 0.5) is 5.69 Å². The average molecular weight is 345 g/mol. The number of rotatable bonds is 4. The molecule has 2 aliphatic heterocycles. The largest absolute Gasteiger partial charge is 0.381 e. The van der Waals surface area contributed by atoms with Crippen molar-refractivity contribution in [2.75, 3.05) is 24.7 Å². The first-order chi connectivity index (χ1) is 11.8. The van der Waals surface area contributed by atoms with E-state index in [4.69, 9.17) is 4.74 Å². The maximum Gasteiger partial charge on any atom is 0.240 e.